The van der Waals surface area contributed by atoms with Crippen LogP contribution in [0.15, 0.2) is 65.8 Å². The number of hydrogen-bond acceptors (Lipinski definition) is 5. The van der Waals surface area contributed by atoms with E-state index in [0.29, 0.717) is 29.4 Å². The summed E-state index contributed by atoms with van der Waals surface area (Å²) in [6, 6.07) is 14.6. The lowest BCUT2D eigenvalue weighted by Crippen LogP contribution is -2.22. The first-order valence-corrected chi connectivity index (χ1v) is 8.87. The van der Waals surface area contributed by atoms with Crippen molar-refractivity contribution in [2.45, 2.75) is 13.0 Å². The Labute approximate surface area is 160 Å². The van der Waals surface area contributed by atoms with Gasteiger partial charge < -0.3 is 5.11 Å². The topological polar surface area (TPSA) is 101 Å². The van der Waals surface area contributed by atoms with E-state index < -0.39 is 12.4 Å². The number of aryl methyl sites for hydroxylation is 2. The summed E-state index contributed by atoms with van der Waals surface area (Å²) < 4.78 is 1.54. The highest BCUT2D eigenvalue weighted by Crippen LogP contribution is 2.18. The average Bonchev–Trinajstić information content (AvgIpc) is 3.28. The fraction of sp³-hybridized carbons (Fsp3) is 0.143. The van der Waals surface area contributed by atoms with Crippen molar-refractivity contribution in [3.63, 3.8) is 0 Å². The highest BCUT2D eigenvalue weighted by Gasteiger charge is 2.10. The number of ketones is 1. The average molecular weight is 374 g/mol. The number of benzene rings is 2. The monoisotopic (exact) mass is 374 g/mol. The molecule has 2 N–H and O–H groups in total. The Balaban J connectivity index is 1.60. The Hall–Kier alpha value is -3.58. The third-order valence-electron chi connectivity index (χ3n) is 4.67. The Morgan fingerprint density at radius 2 is 2.04 bits per heavy atom. The second kappa shape index (κ2) is 7.58. The van der Waals surface area contributed by atoms with E-state index in [1.807, 2.05) is 24.3 Å². The lowest BCUT2D eigenvalue weighted by Gasteiger charge is -2.08. The van der Waals surface area contributed by atoms with Crippen molar-refractivity contribution in [2.75, 3.05) is 6.61 Å². The zero-order valence-electron chi connectivity index (χ0n) is 15.0. The molecule has 140 valence electrons. The first kappa shape index (κ1) is 17.8. The van der Waals surface area contributed by atoms with Gasteiger partial charge in [0, 0.05) is 18.3 Å². The molecular formula is C21H18N4O3. The molecule has 2 aromatic heterocycles. The maximum atomic E-state index is 12.8. The number of aromatic amines is 1. The van der Waals surface area contributed by atoms with Crippen LogP contribution in [0, 0.1) is 0 Å². The molecular weight excluding hydrogens is 356 g/mol. The molecule has 2 aromatic carbocycles. The molecule has 4 aromatic rings. The van der Waals surface area contributed by atoms with Gasteiger partial charge in [0.25, 0.3) is 5.56 Å². The first-order valence-electron chi connectivity index (χ1n) is 8.87. The predicted octanol–water partition coefficient (Wildman–Crippen LogP) is 2.20. The van der Waals surface area contributed by atoms with Gasteiger partial charge in [-0.05, 0) is 47.9 Å². The fourth-order valence-corrected chi connectivity index (χ4v) is 3.14. The lowest BCUT2D eigenvalue weighted by molar-refractivity contribution is 0.0904. The number of rotatable bonds is 6. The maximum Gasteiger partial charge on any atom is 0.261 e. The molecule has 0 radical (unpaired) electrons. The quantitative estimate of drug-likeness (QED) is 0.504. The lowest BCUT2D eigenvalue weighted by atomic mass is 10.1. The molecule has 28 heavy (non-hydrogen) atoms. The zero-order valence-corrected chi connectivity index (χ0v) is 15.0. The van der Waals surface area contributed by atoms with Gasteiger partial charge in [0.15, 0.2) is 5.78 Å². The SMILES string of the molecule is O=C(CO)c1ccc2ncn(CCc3cccc(-c4ccn[nH]4)c3)c(=O)c2c1. The van der Waals surface area contributed by atoms with Gasteiger partial charge in [0.05, 0.1) is 22.9 Å². The van der Waals surface area contributed by atoms with E-state index in [0.717, 1.165) is 16.8 Å². The Bertz CT molecular complexity index is 1200. The van der Waals surface area contributed by atoms with Gasteiger partial charge >= 0.3 is 0 Å². The van der Waals surface area contributed by atoms with E-state index in [1.165, 1.54) is 12.4 Å². The van der Waals surface area contributed by atoms with Crippen LogP contribution >= 0.6 is 0 Å². The largest absolute Gasteiger partial charge is 0.388 e. The zero-order chi connectivity index (χ0) is 19.5. The first-order chi connectivity index (χ1) is 13.7. The van der Waals surface area contributed by atoms with Gasteiger partial charge in [-0.15, -0.1) is 0 Å². The minimum Gasteiger partial charge on any atom is -0.388 e. The number of Topliss-reactive ketones (excluding diaryl/α,β-unsaturated/α-hetero) is 1. The molecule has 0 aliphatic heterocycles. The molecule has 4 rings (SSSR count). The maximum absolute atomic E-state index is 12.8. The number of H-pyrrole nitrogens is 1. The van der Waals surface area contributed by atoms with Crippen molar-refractivity contribution in [2.24, 2.45) is 0 Å². The van der Waals surface area contributed by atoms with Crippen LogP contribution in [0.1, 0.15) is 15.9 Å². The van der Waals surface area contributed by atoms with Crippen LogP contribution in [-0.2, 0) is 13.0 Å². The van der Waals surface area contributed by atoms with Crippen LogP contribution in [0.2, 0.25) is 0 Å². The summed E-state index contributed by atoms with van der Waals surface area (Å²) in [6.07, 6.45) is 3.89. The Morgan fingerprint density at radius 3 is 2.82 bits per heavy atom. The molecule has 0 unspecified atom stereocenters. The Morgan fingerprint density at radius 1 is 1.14 bits per heavy atom. The fourth-order valence-electron chi connectivity index (χ4n) is 3.14. The number of aliphatic hydroxyl groups is 1. The van der Waals surface area contributed by atoms with E-state index in [2.05, 4.69) is 21.2 Å². The number of nitrogens with one attached hydrogen (secondary N) is 1. The molecule has 0 bridgehead atoms. The number of nitrogens with zero attached hydrogens (tertiary/aromatic N) is 3. The van der Waals surface area contributed by atoms with Crippen LogP contribution in [0.4, 0.5) is 0 Å². The molecule has 0 saturated heterocycles. The minimum atomic E-state index is -0.591. The van der Waals surface area contributed by atoms with Gasteiger partial charge in [0.1, 0.15) is 6.61 Å². The second-order valence-electron chi connectivity index (χ2n) is 6.48. The van der Waals surface area contributed by atoms with Crippen molar-refractivity contribution in [1.82, 2.24) is 19.7 Å². The molecule has 2 heterocycles. The van der Waals surface area contributed by atoms with Crippen molar-refractivity contribution in [1.29, 1.82) is 0 Å². The summed E-state index contributed by atoms with van der Waals surface area (Å²) >= 11 is 0. The number of carbonyl (C=O) groups excluding carboxylic acids is 1. The predicted molar refractivity (Wildman–Crippen MR) is 105 cm³/mol. The molecule has 0 saturated carbocycles. The molecule has 0 aliphatic rings. The van der Waals surface area contributed by atoms with Gasteiger partial charge in [-0.2, -0.15) is 5.10 Å². The van der Waals surface area contributed by atoms with Gasteiger partial charge in [-0.1, -0.05) is 18.2 Å². The summed E-state index contributed by atoms with van der Waals surface area (Å²) in [7, 11) is 0. The summed E-state index contributed by atoms with van der Waals surface area (Å²) in [5, 5.41) is 16.3. The number of aromatic nitrogens is 4. The molecule has 0 atom stereocenters. The van der Waals surface area contributed by atoms with E-state index in [4.69, 9.17) is 5.11 Å². The smallest absolute Gasteiger partial charge is 0.261 e. The van der Waals surface area contributed by atoms with Crippen LogP contribution in [0.25, 0.3) is 22.2 Å². The highest BCUT2D eigenvalue weighted by molar-refractivity contribution is 5.99. The summed E-state index contributed by atoms with van der Waals surface area (Å²) in [5.41, 5.74) is 3.68. The number of aliphatic hydroxyl groups excluding tert-OH is 1. The third kappa shape index (κ3) is 3.47. The minimum absolute atomic E-state index is 0.206. The molecule has 7 nitrogen and oxygen atoms in total. The summed E-state index contributed by atoms with van der Waals surface area (Å²) in [4.78, 5) is 28.8. The molecule has 7 heteroatoms. The number of hydrogen-bond donors (Lipinski definition) is 2. The standard InChI is InChI=1S/C21H18N4O3/c26-12-20(27)16-4-5-19-17(11-16)21(28)25(13-22-19)9-7-14-2-1-3-15(10-14)18-6-8-23-24-18/h1-6,8,10-11,13,26H,7,9,12H2,(H,23,24). The summed E-state index contributed by atoms with van der Waals surface area (Å²) in [6.45, 7) is -0.126. The van der Waals surface area contributed by atoms with Crippen LogP contribution in [0.5, 0.6) is 0 Å². The van der Waals surface area contributed by atoms with E-state index in [9.17, 15) is 9.59 Å². The van der Waals surface area contributed by atoms with Crippen LogP contribution in [0.3, 0.4) is 0 Å². The molecule has 0 fully saturated rings. The number of carbonyl (C=O) groups is 1. The second-order valence-corrected chi connectivity index (χ2v) is 6.48. The van der Waals surface area contributed by atoms with Crippen molar-refractivity contribution in [3.05, 3.63) is 82.5 Å². The summed E-state index contributed by atoms with van der Waals surface area (Å²) in [5.74, 6) is -0.424. The normalized spacial score (nSPS) is 11.0. The van der Waals surface area contributed by atoms with Gasteiger partial charge in [0.2, 0.25) is 0 Å². The van der Waals surface area contributed by atoms with Gasteiger partial charge in [-0.3, -0.25) is 19.3 Å². The molecule has 0 spiro atoms. The van der Waals surface area contributed by atoms with Gasteiger partial charge in [-0.25, -0.2) is 4.98 Å². The van der Waals surface area contributed by atoms with E-state index in [-0.39, 0.29) is 5.56 Å². The van der Waals surface area contributed by atoms with Crippen molar-refractivity contribution >= 4 is 16.7 Å². The third-order valence-corrected chi connectivity index (χ3v) is 4.67. The van der Waals surface area contributed by atoms with E-state index >= 15 is 0 Å². The van der Waals surface area contributed by atoms with Crippen molar-refractivity contribution < 1.29 is 9.90 Å². The van der Waals surface area contributed by atoms with Crippen molar-refractivity contribution in [3.8, 4) is 11.3 Å². The Kier molecular flexibility index (Phi) is 4.82. The van der Waals surface area contributed by atoms with E-state index in [1.54, 1.807) is 22.9 Å². The molecule has 0 amide bonds. The number of fused-ring (bicyclic) bond motifs is 1. The molecule has 0 aliphatic carbocycles. The van der Waals surface area contributed by atoms with Crippen LogP contribution < -0.4 is 5.56 Å². The highest BCUT2D eigenvalue weighted by atomic mass is 16.3. The van der Waals surface area contributed by atoms with Crippen LogP contribution in [-0.4, -0.2) is 37.2 Å².